The highest BCUT2D eigenvalue weighted by atomic mass is 32.1. The van der Waals surface area contributed by atoms with E-state index in [0.29, 0.717) is 16.5 Å². The molecule has 1 atom stereocenters. The van der Waals surface area contributed by atoms with Crippen LogP contribution in [-0.4, -0.2) is 30.9 Å². The van der Waals surface area contributed by atoms with Gasteiger partial charge in [0.2, 0.25) is 5.91 Å². The fourth-order valence-corrected chi connectivity index (χ4v) is 5.36. The topological polar surface area (TPSA) is 108 Å². The molecule has 0 spiro atoms. The van der Waals surface area contributed by atoms with Crippen LogP contribution in [0.5, 0.6) is 0 Å². The highest BCUT2D eigenvalue weighted by Crippen LogP contribution is 2.39. The van der Waals surface area contributed by atoms with Gasteiger partial charge in [-0.3, -0.25) is 14.4 Å². The molecule has 2 N–H and O–H groups in total. The molecular weight excluding hydrogens is 390 g/mol. The average Bonchev–Trinajstić information content (AvgIpc) is 3.06. The van der Waals surface area contributed by atoms with Gasteiger partial charge in [-0.1, -0.05) is 26.2 Å². The van der Waals surface area contributed by atoms with E-state index in [1.807, 2.05) is 0 Å². The average molecular weight is 418 g/mol. The Balaban J connectivity index is 1.44. The second kappa shape index (κ2) is 9.88. The lowest BCUT2D eigenvalue weighted by Gasteiger charge is -2.20. The van der Waals surface area contributed by atoms with Crippen molar-refractivity contribution in [2.75, 3.05) is 18.5 Å². The number of esters is 1. The summed E-state index contributed by atoms with van der Waals surface area (Å²) in [4.78, 5) is 37.2. The second-order valence-electron chi connectivity index (χ2n) is 7.93. The summed E-state index contributed by atoms with van der Waals surface area (Å²) in [6.07, 6.45) is 7.75. The van der Waals surface area contributed by atoms with Crippen molar-refractivity contribution in [2.24, 2.45) is 11.8 Å². The maximum Gasteiger partial charge on any atom is 0.325 e. The number of hydrogen-bond acceptors (Lipinski definition) is 6. The molecule has 7 nitrogen and oxygen atoms in total. The van der Waals surface area contributed by atoms with Crippen molar-refractivity contribution in [2.45, 2.75) is 58.3 Å². The summed E-state index contributed by atoms with van der Waals surface area (Å²) in [7, 11) is 0. The number of fused-ring (bicyclic) bond motifs is 1. The molecule has 1 aromatic rings. The quantitative estimate of drug-likeness (QED) is 0.692. The zero-order valence-electron chi connectivity index (χ0n) is 16.7. The summed E-state index contributed by atoms with van der Waals surface area (Å²) in [5.74, 6) is -0.717. The predicted molar refractivity (Wildman–Crippen MR) is 109 cm³/mol. The van der Waals surface area contributed by atoms with Crippen LogP contribution in [-0.2, 0) is 32.0 Å². The lowest BCUT2D eigenvalue weighted by atomic mass is 9.89. The van der Waals surface area contributed by atoms with E-state index in [-0.39, 0.29) is 18.4 Å². The van der Waals surface area contributed by atoms with Gasteiger partial charge in [0.15, 0.2) is 6.61 Å². The summed E-state index contributed by atoms with van der Waals surface area (Å²) in [5.41, 5.74) is 1.56. The Morgan fingerprint density at radius 1 is 1.21 bits per heavy atom. The summed E-state index contributed by atoms with van der Waals surface area (Å²) >= 11 is 1.43. The zero-order chi connectivity index (χ0) is 20.8. The minimum atomic E-state index is -0.649. The standard InChI is InChI=1S/C21H27N3O4S/c1-13-7-8-15-16(10-22)21(29-17(15)9-13)24-18(25)12-28-19(26)11-23-20(27)14-5-3-2-4-6-14/h13-14H,2-9,11-12H2,1H3,(H,23,27)(H,24,25). The molecule has 2 aliphatic carbocycles. The maximum atomic E-state index is 12.2. The minimum absolute atomic E-state index is 0.0307. The fraction of sp³-hybridized carbons (Fsp3) is 0.619. The van der Waals surface area contributed by atoms with Crippen LogP contribution in [0.15, 0.2) is 0 Å². The van der Waals surface area contributed by atoms with Crippen molar-refractivity contribution in [3.8, 4) is 6.07 Å². The molecular formula is C21H27N3O4S. The third-order valence-corrected chi connectivity index (χ3v) is 6.79. The molecule has 156 valence electrons. The Hall–Kier alpha value is -2.40. The molecule has 1 aromatic heterocycles. The van der Waals surface area contributed by atoms with Gasteiger partial charge >= 0.3 is 5.97 Å². The number of ether oxygens (including phenoxy) is 1. The van der Waals surface area contributed by atoms with Gasteiger partial charge in [0.05, 0.1) is 5.56 Å². The number of nitriles is 1. The highest BCUT2D eigenvalue weighted by Gasteiger charge is 2.25. The van der Waals surface area contributed by atoms with Crippen LogP contribution in [0.25, 0.3) is 0 Å². The van der Waals surface area contributed by atoms with Crippen molar-refractivity contribution >= 4 is 34.1 Å². The molecule has 0 radical (unpaired) electrons. The van der Waals surface area contributed by atoms with Crippen LogP contribution < -0.4 is 10.6 Å². The van der Waals surface area contributed by atoms with E-state index in [1.54, 1.807) is 0 Å². The largest absolute Gasteiger partial charge is 0.454 e. The van der Waals surface area contributed by atoms with E-state index in [0.717, 1.165) is 61.8 Å². The van der Waals surface area contributed by atoms with Crippen LogP contribution in [0.3, 0.4) is 0 Å². The normalized spacial score (nSPS) is 19.0. The van der Waals surface area contributed by atoms with Crippen molar-refractivity contribution < 1.29 is 19.1 Å². The number of carbonyl (C=O) groups excluding carboxylic acids is 3. The van der Waals surface area contributed by atoms with Crippen molar-refractivity contribution in [1.82, 2.24) is 5.32 Å². The first-order valence-electron chi connectivity index (χ1n) is 10.3. The number of nitrogens with one attached hydrogen (secondary N) is 2. The Bertz CT molecular complexity index is 821. The second-order valence-corrected chi connectivity index (χ2v) is 9.03. The van der Waals surface area contributed by atoms with Gasteiger partial charge in [0.25, 0.3) is 5.91 Å². The minimum Gasteiger partial charge on any atom is -0.454 e. The Morgan fingerprint density at radius 3 is 2.69 bits per heavy atom. The first kappa shape index (κ1) is 21.3. The molecule has 8 heteroatoms. The van der Waals surface area contributed by atoms with Crippen LogP contribution in [0.2, 0.25) is 0 Å². The SMILES string of the molecule is CC1CCc2c(sc(NC(=O)COC(=O)CNC(=O)C3CCCCC3)c2C#N)C1. The number of hydrogen-bond donors (Lipinski definition) is 2. The van der Waals surface area contributed by atoms with Crippen LogP contribution in [0, 0.1) is 23.2 Å². The predicted octanol–water partition coefficient (Wildman–Crippen LogP) is 2.92. The van der Waals surface area contributed by atoms with E-state index in [2.05, 4.69) is 23.6 Å². The lowest BCUT2D eigenvalue weighted by molar-refractivity contribution is -0.147. The summed E-state index contributed by atoms with van der Waals surface area (Å²) in [6.45, 7) is 1.50. The smallest absolute Gasteiger partial charge is 0.325 e. The Morgan fingerprint density at radius 2 is 1.97 bits per heavy atom. The molecule has 1 fully saturated rings. The molecule has 3 rings (SSSR count). The summed E-state index contributed by atoms with van der Waals surface area (Å²) < 4.78 is 4.96. The van der Waals surface area contributed by atoms with Crippen molar-refractivity contribution in [1.29, 1.82) is 5.26 Å². The molecule has 1 heterocycles. The number of anilines is 1. The van der Waals surface area contributed by atoms with Gasteiger partial charge in [-0.2, -0.15) is 5.26 Å². The van der Waals surface area contributed by atoms with Crippen LogP contribution in [0.4, 0.5) is 5.00 Å². The first-order valence-corrected chi connectivity index (χ1v) is 11.1. The number of nitrogens with zero attached hydrogens (tertiary/aromatic N) is 1. The highest BCUT2D eigenvalue weighted by molar-refractivity contribution is 7.16. The molecule has 0 aromatic carbocycles. The molecule has 1 saturated carbocycles. The first-order chi connectivity index (χ1) is 14.0. The van der Waals surface area contributed by atoms with Crippen molar-refractivity contribution in [3.63, 3.8) is 0 Å². The summed E-state index contributed by atoms with van der Waals surface area (Å²) in [5, 5.41) is 15.3. The molecule has 1 unspecified atom stereocenters. The molecule has 2 amide bonds. The number of carbonyl (C=O) groups is 3. The van der Waals surface area contributed by atoms with Gasteiger partial charge in [-0.25, -0.2) is 0 Å². The fourth-order valence-electron chi connectivity index (χ4n) is 3.99. The van der Waals surface area contributed by atoms with Crippen molar-refractivity contribution in [3.05, 3.63) is 16.0 Å². The molecule has 0 saturated heterocycles. The van der Waals surface area contributed by atoms with Gasteiger partial charge < -0.3 is 15.4 Å². The Labute approximate surface area is 174 Å². The Kier molecular flexibility index (Phi) is 7.26. The molecule has 2 aliphatic rings. The maximum absolute atomic E-state index is 12.2. The number of rotatable bonds is 6. The van der Waals surface area contributed by atoms with Gasteiger partial charge in [0.1, 0.15) is 17.6 Å². The molecule has 0 bridgehead atoms. The number of amides is 2. The molecule has 29 heavy (non-hydrogen) atoms. The summed E-state index contributed by atoms with van der Waals surface area (Å²) in [6, 6.07) is 2.19. The lowest BCUT2D eigenvalue weighted by Crippen LogP contribution is -2.36. The molecule has 0 aliphatic heterocycles. The van der Waals surface area contributed by atoms with E-state index in [9.17, 15) is 19.6 Å². The van der Waals surface area contributed by atoms with E-state index < -0.39 is 18.5 Å². The zero-order valence-corrected chi connectivity index (χ0v) is 17.5. The monoisotopic (exact) mass is 417 g/mol. The number of thiophene rings is 1. The van der Waals surface area contributed by atoms with E-state index in [4.69, 9.17) is 4.74 Å². The third-order valence-electron chi connectivity index (χ3n) is 5.62. The van der Waals surface area contributed by atoms with E-state index in [1.165, 1.54) is 11.3 Å². The van der Waals surface area contributed by atoms with Crippen LogP contribution >= 0.6 is 11.3 Å². The third kappa shape index (κ3) is 5.57. The van der Waals surface area contributed by atoms with E-state index >= 15 is 0 Å². The van der Waals surface area contributed by atoms with Crippen LogP contribution in [0.1, 0.15) is 61.5 Å². The van der Waals surface area contributed by atoms with Gasteiger partial charge in [-0.05, 0) is 43.6 Å². The van der Waals surface area contributed by atoms with Gasteiger partial charge in [-0.15, -0.1) is 11.3 Å². The van der Waals surface area contributed by atoms with Gasteiger partial charge in [0, 0.05) is 10.8 Å².